The zero-order valence-electron chi connectivity index (χ0n) is 18.5. The van der Waals surface area contributed by atoms with Gasteiger partial charge in [0, 0.05) is 22.5 Å². The van der Waals surface area contributed by atoms with Crippen molar-refractivity contribution < 1.29 is 19.4 Å². The van der Waals surface area contributed by atoms with Gasteiger partial charge in [-0.25, -0.2) is 0 Å². The number of aliphatic hydroxyl groups is 1. The van der Waals surface area contributed by atoms with Gasteiger partial charge in [0.25, 0.3) is 5.91 Å². The number of benzene rings is 2. The Labute approximate surface area is 188 Å². The van der Waals surface area contributed by atoms with Crippen LogP contribution in [0.4, 0.5) is 11.4 Å². The van der Waals surface area contributed by atoms with Crippen molar-refractivity contribution in [1.29, 1.82) is 0 Å². The molecule has 2 aliphatic rings. The van der Waals surface area contributed by atoms with Gasteiger partial charge in [-0.05, 0) is 59.5 Å². The predicted octanol–water partition coefficient (Wildman–Crippen LogP) is 5.29. The third-order valence-electron chi connectivity index (χ3n) is 5.37. The summed E-state index contributed by atoms with van der Waals surface area (Å²) in [6.07, 6.45) is 5.23. The zero-order valence-corrected chi connectivity index (χ0v) is 18.5. The van der Waals surface area contributed by atoms with E-state index in [-0.39, 0.29) is 23.3 Å². The third kappa shape index (κ3) is 5.03. The summed E-state index contributed by atoms with van der Waals surface area (Å²) in [7, 11) is 0. The first-order valence-electron chi connectivity index (χ1n) is 10.7. The van der Waals surface area contributed by atoms with E-state index in [1.807, 2.05) is 30.3 Å². The number of ether oxygens (including phenoxy) is 2. The highest BCUT2D eigenvalue weighted by molar-refractivity contribution is 6.04. The van der Waals surface area contributed by atoms with Crippen molar-refractivity contribution in [2.45, 2.75) is 32.3 Å². The van der Waals surface area contributed by atoms with E-state index in [0.717, 1.165) is 0 Å². The molecule has 0 aromatic heterocycles. The first kappa shape index (κ1) is 21.7. The first-order valence-corrected chi connectivity index (χ1v) is 10.7. The SMILES string of the molecule is CC(C)(C)c1ccc(C(=O)Nc2ccc(N/C(O)=C3\C=CC4OCCOC4=C3)cc2)cc1. The summed E-state index contributed by atoms with van der Waals surface area (Å²) in [6, 6.07) is 14.8. The maximum atomic E-state index is 12.5. The fourth-order valence-corrected chi connectivity index (χ4v) is 3.48. The van der Waals surface area contributed by atoms with Crippen LogP contribution >= 0.6 is 0 Å². The summed E-state index contributed by atoms with van der Waals surface area (Å²) < 4.78 is 11.2. The molecule has 1 fully saturated rings. The van der Waals surface area contributed by atoms with Crippen molar-refractivity contribution in [3.63, 3.8) is 0 Å². The van der Waals surface area contributed by atoms with Crippen molar-refractivity contribution in [3.05, 3.63) is 95.1 Å². The van der Waals surface area contributed by atoms with Crippen LogP contribution in [0, 0.1) is 0 Å². The van der Waals surface area contributed by atoms with E-state index in [4.69, 9.17) is 9.47 Å². The van der Waals surface area contributed by atoms with Crippen molar-refractivity contribution in [2.24, 2.45) is 0 Å². The molecule has 3 N–H and O–H groups in total. The van der Waals surface area contributed by atoms with Crippen LogP contribution in [-0.2, 0) is 14.9 Å². The third-order valence-corrected chi connectivity index (χ3v) is 5.37. The van der Waals surface area contributed by atoms with Crippen molar-refractivity contribution in [3.8, 4) is 0 Å². The normalized spacial score (nSPS) is 19.3. The molecule has 0 spiro atoms. The fourth-order valence-electron chi connectivity index (χ4n) is 3.48. The van der Waals surface area contributed by atoms with Crippen LogP contribution in [0.5, 0.6) is 0 Å². The lowest BCUT2D eigenvalue weighted by Gasteiger charge is -2.26. The van der Waals surface area contributed by atoms with Gasteiger partial charge in [-0.1, -0.05) is 39.0 Å². The van der Waals surface area contributed by atoms with Gasteiger partial charge in [-0.2, -0.15) is 0 Å². The Morgan fingerprint density at radius 2 is 1.62 bits per heavy atom. The highest BCUT2D eigenvalue weighted by Gasteiger charge is 2.22. The van der Waals surface area contributed by atoms with Gasteiger partial charge in [0.05, 0.1) is 6.61 Å². The Morgan fingerprint density at radius 1 is 0.969 bits per heavy atom. The molecule has 1 unspecified atom stereocenters. The Hall–Kier alpha value is -3.51. The molecule has 1 heterocycles. The van der Waals surface area contributed by atoms with Crippen molar-refractivity contribution in [1.82, 2.24) is 0 Å². The second-order valence-corrected chi connectivity index (χ2v) is 8.83. The average Bonchev–Trinajstić information content (AvgIpc) is 2.79. The number of rotatable bonds is 4. The molecule has 1 saturated heterocycles. The lowest BCUT2D eigenvalue weighted by molar-refractivity contribution is -0.0218. The maximum absolute atomic E-state index is 12.5. The predicted molar refractivity (Wildman–Crippen MR) is 126 cm³/mol. The Balaban J connectivity index is 1.39. The highest BCUT2D eigenvalue weighted by atomic mass is 16.6. The molecular formula is C26H28N2O4. The van der Waals surface area contributed by atoms with E-state index >= 15 is 0 Å². The van der Waals surface area contributed by atoms with Crippen LogP contribution < -0.4 is 10.6 Å². The quantitative estimate of drug-likeness (QED) is 0.572. The molecule has 32 heavy (non-hydrogen) atoms. The number of amides is 1. The number of anilines is 2. The highest BCUT2D eigenvalue weighted by Crippen LogP contribution is 2.25. The van der Waals surface area contributed by atoms with Crippen LogP contribution in [0.15, 0.2) is 84.0 Å². The number of carbonyl (C=O) groups excluding carboxylic acids is 1. The molecule has 1 aliphatic carbocycles. The Kier molecular flexibility index (Phi) is 6.06. The summed E-state index contributed by atoms with van der Waals surface area (Å²) >= 11 is 0. The van der Waals surface area contributed by atoms with E-state index in [0.29, 0.717) is 41.5 Å². The standard InChI is InChI=1S/C26H28N2O4/c1-26(2,3)19-7-4-17(5-8-19)24(29)27-20-9-11-21(12-10-20)28-25(30)18-6-13-22-23(16-18)32-15-14-31-22/h4-13,16,22,28,30H,14-15H2,1-3H3,(H,27,29)/b25-18-. The van der Waals surface area contributed by atoms with Crippen LogP contribution in [0.1, 0.15) is 36.7 Å². The van der Waals surface area contributed by atoms with E-state index in [1.165, 1.54) is 5.56 Å². The lowest BCUT2D eigenvalue weighted by Crippen LogP contribution is -2.26. The molecule has 6 nitrogen and oxygen atoms in total. The largest absolute Gasteiger partial charge is 0.494 e. The zero-order chi connectivity index (χ0) is 22.7. The van der Waals surface area contributed by atoms with Gasteiger partial charge in [0.15, 0.2) is 5.88 Å². The van der Waals surface area contributed by atoms with Crippen molar-refractivity contribution in [2.75, 3.05) is 23.8 Å². The molecule has 0 saturated carbocycles. The van der Waals surface area contributed by atoms with Gasteiger partial charge < -0.3 is 25.2 Å². The molecule has 1 aliphatic heterocycles. The molecule has 4 rings (SSSR count). The molecule has 166 valence electrons. The van der Waals surface area contributed by atoms with Gasteiger partial charge in [-0.15, -0.1) is 0 Å². The topological polar surface area (TPSA) is 79.8 Å². The van der Waals surface area contributed by atoms with Crippen LogP contribution in [-0.4, -0.2) is 30.3 Å². The molecule has 0 radical (unpaired) electrons. The molecular weight excluding hydrogens is 404 g/mol. The van der Waals surface area contributed by atoms with E-state index in [9.17, 15) is 9.90 Å². The Morgan fingerprint density at radius 3 is 2.28 bits per heavy atom. The number of fused-ring (bicyclic) bond motifs is 1. The minimum atomic E-state index is -0.187. The maximum Gasteiger partial charge on any atom is 0.255 e. The van der Waals surface area contributed by atoms with Crippen LogP contribution in [0.25, 0.3) is 0 Å². The fraction of sp³-hybridized carbons (Fsp3) is 0.269. The summed E-state index contributed by atoms with van der Waals surface area (Å²) in [4.78, 5) is 12.5. The summed E-state index contributed by atoms with van der Waals surface area (Å²) in [5.41, 5.74) is 3.80. The van der Waals surface area contributed by atoms with E-state index < -0.39 is 0 Å². The number of allylic oxidation sites excluding steroid dienone is 3. The number of aliphatic hydroxyl groups excluding tert-OH is 1. The first-order chi connectivity index (χ1) is 15.3. The van der Waals surface area contributed by atoms with Crippen LogP contribution in [0.3, 0.4) is 0 Å². The lowest BCUT2D eigenvalue weighted by atomic mass is 9.87. The second-order valence-electron chi connectivity index (χ2n) is 8.83. The van der Waals surface area contributed by atoms with Gasteiger partial charge in [-0.3, -0.25) is 4.79 Å². The number of nitrogens with one attached hydrogen (secondary N) is 2. The average molecular weight is 433 g/mol. The van der Waals surface area contributed by atoms with Gasteiger partial charge in [0.2, 0.25) is 0 Å². The number of carbonyl (C=O) groups is 1. The Bertz CT molecular complexity index is 1070. The summed E-state index contributed by atoms with van der Waals surface area (Å²) in [5.74, 6) is 0.534. The smallest absolute Gasteiger partial charge is 0.255 e. The van der Waals surface area contributed by atoms with Gasteiger partial charge >= 0.3 is 0 Å². The molecule has 0 bridgehead atoms. The minimum Gasteiger partial charge on any atom is -0.494 e. The van der Waals surface area contributed by atoms with E-state index in [1.54, 1.807) is 36.4 Å². The van der Waals surface area contributed by atoms with Crippen LogP contribution in [0.2, 0.25) is 0 Å². The molecule has 1 amide bonds. The second kappa shape index (κ2) is 8.93. The monoisotopic (exact) mass is 432 g/mol. The summed E-state index contributed by atoms with van der Waals surface area (Å²) in [5, 5.41) is 16.3. The molecule has 2 aromatic carbocycles. The minimum absolute atomic E-state index is 0.0112. The molecule has 6 heteroatoms. The molecule has 2 aromatic rings. The molecule has 1 atom stereocenters. The number of hydrogen-bond donors (Lipinski definition) is 3. The van der Waals surface area contributed by atoms with Crippen molar-refractivity contribution >= 4 is 17.3 Å². The van der Waals surface area contributed by atoms with E-state index in [2.05, 4.69) is 31.4 Å². The summed E-state index contributed by atoms with van der Waals surface area (Å²) in [6.45, 7) is 7.48. The number of hydrogen-bond acceptors (Lipinski definition) is 5. The van der Waals surface area contributed by atoms with Gasteiger partial charge in [0.1, 0.15) is 18.5 Å².